The number of amides is 1. The first kappa shape index (κ1) is 19.1. The van der Waals surface area contributed by atoms with Gasteiger partial charge in [-0.05, 0) is 42.9 Å². The van der Waals surface area contributed by atoms with Gasteiger partial charge in [-0.3, -0.25) is 15.6 Å². The molecule has 1 aromatic carbocycles. The fraction of sp³-hybridized carbons (Fsp3) is 0.524. The smallest absolute Gasteiger partial charge is 0.276 e. The maximum atomic E-state index is 13.6. The average molecular weight is 386 g/mol. The standard InChI is InChI=1S/C21H27FN4O2/c1-2-4-17-12-19(25-28-17)21(27)26-9-7-14(8-10-26)20-18(13-23-24-20)15-5-3-6-16(22)11-15/h3,5-6,11-12,14,18,20,23-24H,2,4,7-10,13H2,1H3. The minimum Gasteiger partial charge on any atom is -0.361 e. The minimum atomic E-state index is -0.196. The summed E-state index contributed by atoms with van der Waals surface area (Å²) in [5.41, 5.74) is 8.04. The highest BCUT2D eigenvalue weighted by atomic mass is 19.1. The Kier molecular flexibility index (Phi) is 5.73. The largest absolute Gasteiger partial charge is 0.361 e. The highest BCUT2D eigenvalue weighted by molar-refractivity contribution is 5.92. The van der Waals surface area contributed by atoms with Gasteiger partial charge in [0.1, 0.15) is 11.6 Å². The third kappa shape index (κ3) is 3.95. The number of aromatic nitrogens is 1. The number of carbonyl (C=O) groups excluding carboxylic acids is 1. The van der Waals surface area contributed by atoms with E-state index >= 15 is 0 Å². The molecule has 0 radical (unpaired) electrons. The number of nitrogens with one attached hydrogen (secondary N) is 2. The van der Waals surface area contributed by atoms with Gasteiger partial charge in [-0.2, -0.15) is 0 Å². The van der Waals surface area contributed by atoms with Gasteiger partial charge in [0.25, 0.3) is 5.91 Å². The number of hydrogen-bond donors (Lipinski definition) is 2. The van der Waals surface area contributed by atoms with Crippen LogP contribution in [0.4, 0.5) is 4.39 Å². The quantitative estimate of drug-likeness (QED) is 0.827. The summed E-state index contributed by atoms with van der Waals surface area (Å²) in [5, 5.41) is 3.94. The van der Waals surface area contributed by atoms with E-state index in [9.17, 15) is 9.18 Å². The van der Waals surface area contributed by atoms with E-state index in [-0.39, 0.29) is 23.7 Å². The second-order valence-corrected chi connectivity index (χ2v) is 7.77. The molecule has 2 aliphatic rings. The number of nitrogens with zero attached hydrogens (tertiary/aromatic N) is 2. The van der Waals surface area contributed by atoms with Crippen LogP contribution < -0.4 is 10.9 Å². The van der Waals surface area contributed by atoms with Crippen molar-refractivity contribution >= 4 is 5.91 Å². The molecular formula is C21H27FN4O2. The monoisotopic (exact) mass is 386 g/mol. The molecular weight excluding hydrogens is 359 g/mol. The predicted octanol–water partition coefficient (Wildman–Crippen LogP) is 2.88. The third-order valence-electron chi connectivity index (χ3n) is 5.91. The van der Waals surface area contributed by atoms with Crippen molar-refractivity contribution in [2.75, 3.05) is 19.6 Å². The average Bonchev–Trinajstić information content (AvgIpc) is 3.38. The molecule has 2 atom stereocenters. The van der Waals surface area contributed by atoms with Crippen LogP contribution in [0, 0.1) is 11.7 Å². The summed E-state index contributed by atoms with van der Waals surface area (Å²) >= 11 is 0. The number of rotatable bonds is 5. The maximum Gasteiger partial charge on any atom is 0.276 e. The Morgan fingerprint density at radius 2 is 2.14 bits per heavy atom. The Morgan fingerprint density at radius 3 is 2.89 bits per heavy atom. The van der Waals surface area contributed by atoms with E-state index in [0.29, 0.717) is 24.7 Å². The summed E-state index contributed by atoms with van der Waals surface area (Å²) < 4.78 is 18.9. The van der Waals surface area contributed by atoms with Gasteiger partial charge in [0, 0.05) is 44.1 Å². The number of aryl methyl sites for hydroxylation is 1. The van der Waals surface area contributed by atoms with Crippen LogP contribution in [-0.2, 0) is 6.42 Å². The van der Waals surface area contributed by atoms with Gasteiger partial charge in [0.15, 0.2) is 5.69 Å². The lowest BCUT2D eigenvalue weighted by Gasteiger charge is -2.36. The van der Waals surface area contributed by atoms with Crippen LogP contribution in [0.5, 0.6) is 0 Å². The zero-order valence-corrected chi connectivity index (χ0v) is 16.2. The molecule has 7 heteroatoms. The molecule has 6 nitrogen and oxygen atoms in total. The summed E-state index contributed by atoms with van der Waals surface area (Å²) in [6, 6.07) is 8.87. The molecule has 0 bridgehead atoms. The molecule has 2 N–H and O–H groups in total. The Bertz CT molecular complexity index is 816. The highest BCUT2D eigenvalue weighted by Gasteiger charge is 2.37. The van der Waals surface area contributed by atoms with Crippen molar-refractivity contribution < 1.29 is 13.7 Å². The molecule has 1 aromatic heterocycles. The van der Waals surface area contributed by atoms with Gasteiger partial charge in [-0.25, -0.2) is 4.39 Å². The SMILES string of the molecule is CCCc1cc(C(=O)N2CCC(C3NNCC3c3cccc(F)c3)CC2)no1. The summed E-state index contributed by atoms with van der Waals surface area (Å²) in [6.07, 6.45) is 3.58. The van der Waals surface area contributed by atoms with Crippen LogP contribution in [-0.4, -0.2) is 41.6 Å². The van der Waals surface area contributed by atoms with E-state index in [2.05, 4.69) is 22.9 Å². The van der Waals surface area contributed by atoms with E-state index in [1.54, 1.807) is 18.2 Å². The molecule has 2 fully saturated rings. The maximum absolute atomic E-state index is 13.6. The minimum absolute atomic E-state index is 0.0521. The molecule has 150 valence electrons. The number of benzene rings is 1. The van der Waals surface area contributed by atoms with Crippen molar-refractivity contribution in [3.05, 3.63) is 53.2 Å². The van der Waals surface area contributed by atoms with E-state index in [1.807, 2.05) is 11.0 Å². The summed E-state index contributed by atoms with van der Waals surface area (Å²) in [5.74, 6) is 1.18. The van der Waals surface area contributed by atoms with Gasteiger partial charge in [-0.1, -0.05) is 24.2 Å². The number of carbonyl (C=O) groups is 1. The topological polar surface area (TPSA) is 70.4 Å². The molecule has 0 saturated carbocycles. The zero-order chi connectivity index (χ0) is 19.5. The Labute approximate surface area is 164 Å². The van der Waals surface area contributed by atoms with Gasteiger partial charge in [0.2, 0.25) is 0 Å². The first-order valence-electron chi connectivity index (χ1n) is 10.1. The van der Waals surface area contributed by atoms with E-state index in [1.165, 1.54) is 6.07 Å². The number of halogens is 1. The van der Waals surface area contributed by atoms with Crippen LogP contribution in [0.3, 0.4) is 0 Å². The highest BCUT2D eigenvalue weighted by Crippen LogP contribution is 2.32. The summed E-state index contributed by atoms with van der Waals surface area (Å²) in [6.45, 7) is 4.26. The van der Waals surface area contributed by atoms with E-state index < -0.39 is 0 Å². The van der Waals surface area contributed by atoms with Gasteiger partial charge >= 0.3 is 0 Å². The van der Waals surface area contributed by atoms with Crippen LogP contribution >= 0.6 is 0 Å². The fourth-order valence-electron chi connectivity index (χ4n) is 4.42. The molecule has 2 aromatic rings. The lowest BCUT2D eigenvalue weighted by Crippen LogP contribution is -2.45. The van der Waals surface area contributed by atoms with Crippen LogP contribution in [0.1, 0.15) is 53.9 Å². The van der Waals surface area contributed by atoms with Crippen molar-refractivity contribution in [3.63, 3.8) is 0 Å². The van der Waals surface area contributed by atoms with E-state index in [4.69, 9.17) is 4.52 Å². The fourth-order valence-corrected chi connectivity index (χ4v) is 4.42. The van der Waals surface area contributed by atoms with Crippen LogP contribution in [0.2, 0.25) is 0 Å². The molecule has 2 aliphatic heterocycles. The number of likely N-dealkylation sites (tertiary alicyclic amines) is 1. The Hall–Kier alpha value is -2.25. The van der Waals surface area contributed by atoms with Gasteiger partial charge in [0.05, 0.1) is 0 Å². The molecule has 4 rings (SSSR count). The molecule has 1 amide bonds. The lowest BCUT2D eigenvalue weighted by atomic mass is 9.80. The molecule has 2 saturated heterocycles. The van der Waals surface area contributed by atoms with Crippen molar-refractivity contribution in [2.24, 2.45) is 5.92 Å². The molecule has 2 unspecified atom stereocenters. The number of hydrogen-bond acceptors (Lipinski definition) is 5. The Balaban J connectivity index is 1.37. The zero-order valence-electron chi connectivity index (χ0n) is 16.2. The van der Waals surface area contributed by atoms with Gasteiger partial charge < -0.3 is 9.42 Å². The van der Waals surface area contributed by atoms with E-state index in [0.717, 1.165) is 43.6 Å². The summed E-state index contributed by atoms with van der Waals surface area (Å²) in [7, 11) is 0. The lowest BCUT2D eigenvalue weighted by molar-refractivity contribution is 0.0659. The number of hydrazine groups is 1. The third-order valence-corrected chi connectivity index (χ3v) is 5.91. The molecule has 0 aliphatic carbocycles. The second kappa shape index (κ2) is 8.41. The van der Waals surface area contributed by atoms with Crippen LogP contribution in [0.15, 0.2) is 34.9 Å². The first-order chi connectivity index (χ1) is 13.7. The van der Waals surface area contributed by atoms with Crippen LogP contribution in [0.25, 0.3) is 0 Å². The molecule has 28 heavy (non-hydrogen) atoms. The summed E-state index contributed by atoms with van der Waals surface area (Å²) in [4.78, 5) is 14.6. The van der Waals surface area contributed by atoms with Crippen molar-refractivity contribution in [1.82, 2.24) is 20.9 Å². The predicted molar refractivity (Wildman–Crippen MR) is 103 cm³/mol. The van der Waals surface area contributed by atoms with Crippen molar-refractivity contribution in [1.29, 1.82) is 0 Å². The van der Waals surface area contributed by atoms with Crippen molar-refractivity contribution in [3.8, 4) is 0 Å². The first-order valence-corrected chi connectivity index (χ1v) is 10.1. The van der Waals surface area contributed by atoms with Crippen molar-refractivity contribution in [2.45, 2.75) is 44.6 Å². The molecule has 3 heterocycles. The van der Waals surface area contributed by atoms with Gasteiger partial charge in [-0.15, -0.1) is 0 Å². The molecule has 0 spiro atoms. The normalized spacial score (nSPS) is 23.3. The second-order valence-electron chi connectivity index (χ2n) is 7.77. The Morgan fingerprint density at radius 1 is 1.32 bits per heavy atom. The number of piperidine rings is 1.